The quantitative estimate of drug-likeness (QED) is 0.330. The van der Waals surface area contributed by atoms with Crippen molar-refractivity contribution in [2.45, 2.75) is 31.9 Å². The van der Waals surface area contributed by atoms with Crippen LogP contribution in [0, 0.1) is 17.1 Å². The van der Waals surface area contributed by atoms with Gasteiger partial charge < -0.3 is 25.1 Å². The summed E-state index contributed by atoms with van der Waals surface area (Å²) in [6.07, 6.45) is 1.29. The van der Waals surface area contributed by atoms with Crippen LogP contribution in [0.3, 0.4) is 0 Å². The Morgan fingerprint density at radius 2 is 2.02 bits per heavy atom. The van der Waals surface area contributed by atoms with E-state index in [1.807, 2.05) is 22.5 Å². The maximum atomic E-state index is 13.5. The van der Waals surface area contributed by atoms with Crippen molar-refractivity contribution < 1.29 is 14.3 Å². The van der Waals surface area contributed by atoms with Crippen molar-refractivity contribution in [2.75, 3.05) is 49.6 Å². The molecule has 12 heteroatoms. The third kappa shape index (κ3) is 5.24. The van der Waals surface area contributed by atoms with E-state index in [0.29, 0.717) is 34.4 Å². The lowest BCUT2D eigenvalue weighted by Crippen LogP contribution is -2.56. The van der Waals surface area contributed by atoms with Crippen LogP contribution < -0.4 is 15.1 Å². The van der Waals surface area contributed by atoms with Gasteiger partial charge >= 0.3 is 0 Å². The maximum Gasteiger partial charge on any atom is 0.236 e. The van der Waals surface area contributed by atoms with E-state index in [1.54, 1.807) is 17.0 Å². The number of aliphatic hydroxyl groups is 1. The number of fused-ring (bicyclic) bond motifs is 1. The monoisotopic (exact) mass is 574 g/mol. The van der Waals surface area contributed by atoms with E-state index < -0.39 is 6.10 Å². The average molecular weight is 575 g/mol. The summed E-state index contributed by atoms with van der Waals surface area (Å²) in [6.45, 7) is 4.75. The first kappa shape index (κ1) is 27.1. The third-order valence-corrected chi connectivity index (χ3v) is 8.79. The molecule has 2 N–H and O–H groups in total. The Balaban J connectivity index is 1.23. The van der Waals surface area contributed by atoms with Gasteiger partial charge in [0.15, 0.2) is 5.13 Å². The number of halogens is 1. The molecule has 212 valence electrons. The van der Waals surface area contributed by atoms with Crippen LogP contribution in [0.1, 0.15) is 23.8 Å². The average Bonchev–Trinajstić information content (AvgIpc) is 3.70. The van der Waals surface area contributed by atoms with Crippen molar-refractivity contribution in [3.8, 4) is 17.3 Å². The fourth-order valence-electron chi connectivity index (χ4n) is 5.43. The normalized spacial score (nSPS) is 17.2. The van der Waals surface area contributed by atoms with Gasteiger partial charge in [-0.25, -0.2) is 13.9 Å². The zero-order valence-corrected chi connectivity index (χ0v) is 23.7. The number of rotatable bonds is 8. The molecule has 10 nitrogen and oxygen atoms in total. The highest BCUT2D eigenvalue weighted by Crippen LogP contribution is 2.37. The number of nitriles is 1. The second-order valence-electron chi connectivity index (χ2n) is 10.5. The smallest absolute Gasteiger partial charge is 0.236 e. The molecule has 0 bridgehead atoms. The number of nitrogens with one attached hydrogen (secondary N) is 1. The minimum absolute atomic E-state index is 0.0183. The molecule has 1 aromatic carbocycles. The lowest BCUT2D eigenvalue weighted by Gasteiger charge is -2.36. The van der Waals surface area contributed by atoms with E-state index in [-0.39, 0.29) is 24.3 Å². The van der Waals surface area contributed by atoms with Crippen LogP contribution >= 0.6 is 11.3 Å². The summed E-state index contributed by atoms with van der Waals surface area (Å²) in [5.41, 5.74) is 3.28. The zero-order valence-electron chi connectivity index (χ0n) is 22.9. The summed E-state index contributed by atoms with van der Waals surface area (Å²) < 4.78 is 15.4. The lowest BCUT2D eigenvalue weighted by molar-refractivity contribution is -0.140. The van der Waals surface area contributed by atoms with Gasteiger partial charge in [0.25, 0.3) is 0 Å². The lowest BCUT2D eigenvalue weighted by atomic mass is 10.1. The highest BCUT2D eigenvalue weighted by atomic mass is 32.1. The number of amides is 1. The van der Waals surface area contributed by atoms with Crippen LogP contribution in [0.25, 0.3) is 16.8 Å². The summed E-state index contributed by atoms with van der Waals surface area (Å²) in [5, 5.41) is 28.3. The largest absolute Gasteiger partial charge is 0.389 e. The fourth-order valence-corrected chi connectivity index (χ4v) is 6.28. The summed E-state index contributed by atoms with van der Waals surface area (Å²) in [5.74, 6) is 1.40. The van der Waals surface area contributed by atoms with Crippen LogP contribution in [-0.2, 0) is 11.2 Å². The Labute approximate surface area is 241 Å². The number of aliphatic hydroxyl groups excluding tert-OH is 1. The Hall–Kier alpha value is -4.05. The van der Waals surface area contributed by atoms with Crippen LogP contribution in [-0.4, -0.2) is 82.4 Å². The Morgan fingerprint density at radius 3 is 2.73 bits per heavy atom. The van der Waals surface area contributed by atoms with E-state index in [0.717, 1.165) is 48.6 Å². The molecule has 0 radical (unpaired) electrons. The van der Waals surface area contributed by atoms with Crippen LogP contribution in [0.15, 0.2) is 42.5 Å². The standard InChI is InChI=1S/C29H31FN8O2S/c1-3-18-12-22-8-9-25(36-11-10-21(15-36)32-14-26(40)37-16-23(39)17-37)34-38(22)28(18)35(2)29-33-27(24(13-31)41-29)19-4-6-20(30)7-5-19/h4-9,12,21,23,32,39H,3,10-11,14-17H2,1-2H3/t21-/m1/s1. The second kappa shape index (κ2) is 11.1. The van der Waals surface area contributed by atoms with Crippen molar-refractivity contribution in [2.24, 2.45) is 0 Å². The Morgan fingerprint density at radius 1 is 1.24 bits per heavy atom. The first-order chi connectivity index (χ1) is 19.8. The number of aromatic nitrogens is 3. The molecule has 6 rings (SSSR count). The molecular formula is C29H31FN8O2S. The predicted molar refractivity (Wildman–Crippen MR) is 156 cm³/mol. The molecule has 2 fully saturated rings. The minimum atomic E-state index is -0.395. The zero-order chi connectivity index (χ0) is 28.7. The number of hydrogen-bond donors (Lipinski definition) is 2. The summed E-state index contributed by atoms with van der Waals surface area (Å²) in [6, 6.07) is 14.6. The van der Waals surface area contributed by atoms with E-state index >= 15 is 0 Å². The number of aryl methyl sites for hydroxylation is 1. The molecule has 41 heavy (non-hydrogen) atoms. The topological polar surface area (TPSA) is 113 Å². The number of benzene rings is 1. The van der Waals surface area contributed by atoms with E-state index in [4.69, 9.17) is 10.1 Å². The summed E-state index contributed by atoms with van der Waals surface area (Å²) in [4.78, 5) is 23.4. The Bertz CT molecular complexity index is 1620. The number of nitrogens with zero attached hydrogens (tertiary/aromatic N) is 7. The molecule has 0 saturated carbocycles. The molecule has 4 aromatic rings. The highest BCUT2D eigenvalue weighted by Gasteiger charge is 2.30. The SMILES string of the molecule is CCc1cc2ccc(N3CC[C@@H](NCC(=O)N4CC(O)C4)C3)nn2c1N(C)c1nc(-c2ccc(F)cc2)c(C#N)s1. The molecule has 0 spiro atoms. The number of anilines is 3. The molecular weight excluding hydrogens is 543 g/mol. The molecule has 5 heterocycles. The first-order valence-electron chi connectivity index (χ1n) is 13.7. The fraction of sp³-hybridized carbons (Fsp3) is 0.379. The van der Waals surface area contributed by atoms with Crippen LogP contribution in [0.5, 0.6) is 0 Å². The number of thiazole rings is 1. The number of carbonyl (C=O) groups is 1. The van der Waals surface area contributed by atoms with Crippen LogP contribution in [0.2, 0.25) is 0 Å². The van der Waals surface area contributed by atoms with Gasteiger partial charge in [-0.2, -0.15) is 5.26 Å². The molecule has 0 unspecified atom stereocenters. The van der Waals surface area contributed by atoms with Gasteiger partial charge in [-0.1, -0.05) is 18.3 Å². The van der Waals surface area contributed by atoms with Gasteiger partial charge in [0, 0.05) is 44.8 Å². The van der Waals surface area contributed by atoms with Gasteiger partial charge in [-0.3, -0.25) is 4.79 Å². The number of hydrogen-bond acceptors (Lipinski definition) is 9. The van der Waals surface area contributed by atoms with Crippen molar-refractivity contribution in [1.29, 1.82) is 5.26 Å². The van der Waals surface area contributed by atoms with Crippen molar-refractivity contribution >= 4 is 39.5 Å². The summed E-state index contributed by atoms with van der Waals surface area (Å²) >= 11 is 1.29. The van der Waals surface area contributed by atoms with E-state index in [9.17, 15) is 19.6 Å². The maximum absolute atomic E-state index is 13.5. The van der Waals surface area contributed by atoms with E-state index in [2.05, 4.69) is 35.3 Å². The predicted octanol–water partition coefficient (Wildman–Crippen LogP) is 3.17. The van der Waals surface area contributed by atoms with Gasteiger partial charge in [0.2, 0.25) is 5.91 Å². The van der Waals surface area contributed by atoms with Gasteiger partial charge in [-0.15, -0.1) is 5.10 Å². The molecule has 3 aromatic heterocycles. The van der Waals surface area contributed by atoms with Gasteiger partial charge in [-0.05, 0) is 60.9 Å². The molecule has 1 amide bonds. The first-order valence-corrected chi connectivity index (χ1v) is 14.5. The third-order valence-electron chi connectivity index (χ3n) is 7.75. The number of likely N-dealkylation sites (tertiary alicyclic amines) is 1. The number of carbonyl (C=O) groups excluding carboxylic acids is 1. The highest BCUT2D eigenvalue weighted by molar-refractivity contribution is 7.16. The van der Waals surface area contributed by atoms with Crippen molar-refractivity contribution in [3.63, 3.8) is 0 Å². The second-order valence-corrected chi connectivity index (χ2v) is 11.5. The minimum Gasteiger partial charge on any atom is -0.389 e. The molecule has 0 aliphatic carbocycles. The van der Waals surface area contributed by atoms with Gasteiger partial charge in [0.1, 0.15) is 34.1 Å². The van der Waals surface area contributed by atoms with Crippen molar-refractivity contribution in [3.05, 3.63) is 58.7 Å². The van der Waals surface area contributed by atoms with Crippen molar-refractivity contribution in [1.82, 2.24) is 24.8 Å². The summed E-state index contributed by atoms with van der Waals surface area (Å²) in [7, 11) is 1.92. The van der Waals surface area contributed by atoms with Gasteiger partial charge in [0.05, 0.1) is 18.2 Å². The molecule has 1 atom stereocenters. The molecule has 2 saturated heterocycles. The van der Waals surface area contributed by atoms with E-state index in [1.165, 1.54) is 23.5 Å². The number of β-amino-alcohol motifs (C(OH)–C–C–N with tert-alkyl or cyclic N) is 1. The van der Waals surface area contributed by atoms with Crippen LogP contribution in [0.4, 0.5) is 21.2 Å². The molecule has 2 aliphatic heterocycles. The molecule has 2 aliphatic rings. The Kier molecular flexibility index (Phi) is 7.33.